The van der Waals surface area contributed by atoms with Crippen molar-refractivity contribution in [3.63, 3.8) is 0 Å². The van der Waals surface area contributed by atoms with Crippen LogP contribution in [0, 0.1) is 6.92 Å². The first-order valence-corrected chi connectivity index (χ1v) is 6.41. The van der Waals surface area contributed by atoms with Gasteiger partial charge in [0.2, 0.25) is 0 Å². The molecular weight excluding hydrogens is 241 g/mol. The van der Waals surface area contributed by atoms with Gasteiger partial charge in [-0.2, -0.15) is 5.10 Å². The third kappa shape index (κ3) is 2.63. The van der Waals surface area contributed by atoms with Gasteiger partial charge in [-0.05, 0) is 32.6 Å². The molecule has 2 rings (SSSR count). The summed E-state index contributed by atoms with van der Waals surface area (Å²) in [6.45, 7) is 1.84. The zero-order valence-electron chi connectivity index (χ0n) is 10.3. The molecule has 1 aromatic rings. The molecule has 1 heterocycles. The zero-order valence-corrected chi connectivity index (χ0v) is 11.1. The van der Waals surface area contributed by atoms with Gasteiger partial charge in [-0.1, -0.05) is 11.6 Å². The predicted octanol–water partition coefficient (Wildman–Crippen LogP) is 2.53. The Bertz CT molecular complexity index is 408. The Morgan fingerprint density at radius 3 is 2.59 bits per heavy atom. The van der Waals surface area contributed by atoms with Crippen molar-refractivity contribution < 1.29 is 4.39 Å². The molecule has 96 valence electrons. The monoisotopic (exact) mass is 259 g/mol. The fraction of sp³-hybridized carbons (Fsp3) is 0.750. The highest BCUT2D eigenvalue weighted by Crippen LogP contribution is 2.36. The Morgan fingerprint density at radius 1 is 1.53 bits per heavy atom. The number of aromatic nitrogens is 2. The smallest absolute Gasteiger partial charge is 0.116 e. The van der Waals surface area contributed by atoms with Gasteiger partial charge in [0.1, 0.15) is 5.67 Å². The molecule has 1 aromatic heterocycles. The Kier molecular flexibility index (Phi) is 3.46. The predicted molar refractivity (Wildman–Crippen MR) is 66.9 cm³/mol. The highest BCUT2D eigenvalue weighted by molar-refractivity contribution is 6.31. The number of hydrogen-bond donors (Lipinski definition) is 1. The van der Waals surface area contributed by atoms with E-state index in [1.165, 1.54) is 0 Å². The lowest BCUT2D eigenvalue weighted by atomic mass is 9.81. The van der Waals surface area contributed by atoms with Gasteiger partial charge in [0, 0.05) is 19.5 Å². The fourth-order valence-electron chi connectivity index (χ4n) is 2.51. The lowest BCUT2D eigenvalue weighted by Crippen LogP contribution is -2.37. The second kappa shape index (κ2) is 4.58. The van der Waals surface area contributed by atoms with Gasteiger partial charge in [-0.15, -0.1) is 0 Å². The second-order valence-corrected chi connectivity index (χ2v) is 5.51. The van der Waals surface area contributed by atoms with E-state index in [0.29, 0.717) is 24.3 Å². The van der Waals surface area contributed by atoms with Crippen LogP contribution < -0.4 is 5.73 Å². The molecule has 5 heteroatoms. The summed E-state index contributed by atoms with van der Waals surface area (Å²) in [6.07, 6.45) is 2.90. The summed E-state index contributed by atoms with van der Waals surface area (Å²) in [6, 6.07) is 0.155. The summed E-state index contributed by atoms with van der Waals surface area (Å²) in [5.74, 6) is 0. The van der Waals surface area contributed by atoms with Crippen LogP contribution >= 0.6 is 11.6 Å². The molecular formula is C12H19ClFN3. The minimum Gasteiger partial charge on any atom is -0.328 e. The highest BCUT2D eigenvalue weighted by Gasteiger charge is 2.36. The van der Waals surface area contributed by atoms with Crippen molar-refractivity contribution in [2.24, 2.45) is 12.8 Å². The third-order valence-electron chi connectivity index (χ3n) is 3.67. The van der Waals surface area contributed by atoms with Gasteiger partial charge >= 0.3 is 0 Å². The van der Waals surface area contributed by atoms with Gasteiger partial charge in [-0.3, -0.25) is 4.68 Å². The van der Waals surface area contributed by atoms with Crippen LogP contribution in [0.5, 0.6) is 0 Å². The molecule has 0 saturated heterocycles. The molecule has 1 saturated carbocycles. The molecule has 0 unspecified atom stereocenters. The quantitative estimate of drug-likeness (QED) is 0.887. The minimum absolute atomic E-state index is 0.155. The molecule has 1 fully saturated rings. The van der Waals surface area contributed by atoms with Crippen LogP contribution in [0.15, 0.2) is 0 Å². The van der Waals surface area contributed by atoms with Crippen molar-refractivity contribution in [3.05, 3.63) is 16.4 Å². The van der Waals surface area contributed by atoms with E-state index in [1.54, 1.807) is 4.68 Å². The molecule has 2 N–H and O–H groups in total. The van der Waals surface area contributed by atoms with E-state index in [4.69, 9.17) is 17.3 Å². The standard InChI is InChI=1S/C12H19ClFN3/c1-8-11(13)10(17(2)16-8)7-12(14)5-3-9(15)4-6-12/h9H,3-7,15H2,1-2H3. The van der Waals surface area contributed by atoms with Crippen molar-refractivity contribution in [1.29, 1.82) is 0 Å². The summed E-state index contributed by atoms with van der Waals surface area (Å²) in [5, 5.41) is 4.81. The summed E-state index contributed by atoms with van der Waals surface area (Å²) in [5.41, 5.74) is 6.19. The van der Waals surface area contributed by atoms with Crippen molar-refractivity contribution in [3.8, 4) is 0 Å². The maximum absolute atomic E-state index is 14.6. The van der Waals surface area contributed by atoms with E-state index >= 15 is 0 Å². The van der Waals surface area contributed by atoms with E-state index in [-0.39, 0.29) is 6.04 Å². The minimum atomic E-state index is -1.17. The summed E-state index contributed by atoms with van der Waals surface area (Å²) < 4.78 is 16.3. The van der Waals surface area contributed by atoms with Crippen molar-refractivity contribution >= 4 is 11.6 Å². The lowest BCUT2D eigenvalue weighted by Gasteiger charge is -2.32. The molecule has 0 spiro atoms. The van der Waals surface area contributed by atoms with E-state index in [9.17, 15) is 4.39 Å². The average Bonchev–Trinajstić information content (AvgIpc) is 2.50. The average molecular weight is 260 g/mol. The van der Waals surface area contributed by atoms with Crippen LogP contribution in [0.1, 0.15) is 37.1 Å². The van der Waals surface area contributed by atoms with E-state index < -0.39 is 5.67 Å². The van der Waals surface area contributed by atoms with Crippen LogP contribution in [-0.4, -0.2) is 21.5 Å². The number of alkyl halides is 1. The van der Waals surface area contributed by atoms with E-state index in [2.05, 4.69) is 5.10 Å². The van der Waals surface area contributed by atoms with Crippen LogP contribution in [0.4, 0.5) is 4.39 Å². The van der Waals surface area contributed by atoms with Gasteiger partial charge in [0.25, 0.3) is 0 Å². The van der Waals surface area contributed by atoms with Crippen LogP contribution in [0.3, 0.4) is 0 Å². The topological polar surface area (TPSA) is 43.8 Å². The van der Waals surface area contributed by atoms with Crippen molar-refractivity contribution in [2.75, 3.05) is 0 Å². The maximum Gasteiger partial charge on any atom is 0.116 e. The molecule has 17 heavy (non-hydrogen) atoms. The Hall–Kier alpha value is -0.610. The first kappa shape index (κ1) is 12.8. The summed E-state index contributed by atoms with van der Waals surface area (Å²) in [4.78, 5) is 0. The molecule has 3 nitrogen and oxygen atoms in total. The SMILES string of the molecule is Cc1nn(C)c(CC2(F)CCC(N)CC2)c1Cl. The zero-order chi connectivity index (χ0) is 12.6. The maximum atomic E-state index is 14.6. The van der Waals surface area contributed by atoms with Crippen LogP contribution in [-0.2, 0) is 13.5 Å². The lowest BCUT2D eigenvalue weighted by molar-refractivity contribution is 0.0973. The Balaban J connectivity index is 2.15. The number of aryl methyl sites for hydroxylation is 2. The Morgan fingerprint density at radius 2 is 2.12 bits per heavy atom. The molecule has 0 atom stereocenters. The highest BCUT2D eigenvalue weighted by atomic mass is 35.5. The Labute approximate surface area is 106 Å². The first-order valence-electron chi connectivity index (χ1n) is 6.04. The molecule has 0 radical (unpaired) electrons. The number of nitrogens with two attached hydrogens (primary N) is 1. The van der Waals surface area contributed by atoms with Crippen molar-refractivity contribution in [2.45, 2.75) is 50.7 Å². The van der Waals surface area contributed by atoms with E-state index in [0.717, 1.165) is 24.2 Å². The number of halogens is 2. The fourth-order valence-corrected chi connectivity index (χ4v) is 2.73. The van der Waals surface area contributed by atoms with Gasteiger partial charge in [0.15, 0.2) is 0 Å². The van der Waals surface area contributed by atoms with Gasteiger partial charge in [0.05, 0.1) is 16.4 Å². The van der Waals surface area contributed by atoms with Crippen LogP contribution in [0.25, 0.3) is 0 Å². The molecule has 0 aliphatic heterocycles. The normalized spacial score (nSPS) is 29.6. The molecule has 1 aliphatic carbocycles. The van der Waals surface area contributed by atoms with Gasteiger partial charge in [-0.25, -0.2) is 4.39 Å². The molecule has 0 amide bonds. The first-order chi connectivity index (χ1) is 7.91. The molecule has 1 aliphatic rings. The molecule has 0 bridgehead atoms. The summed E-state index contributed by atoms with van der Waals surface area (Å²) >= 11 is 6.15. The van der Waals surface area contributed by atoms with Crippen molar-refractivity contribution in [1.82, 2.24) is 9.78 Å². The largest absolute Gasteiger partial charge is 0.328 e. The summed E-state index contributed by atoms with van der Waals surface area (Å²) in [7, 11) is 1.81. The number of nitrogens with zero attached hydrogens (tertiary/aromatic N) is 2. The third-order valence-corrected chi connectivity index (χ3v) is 4.16. The number of hydrogen-bond acceptors (Lipinski definition) is 2. The number of rotatable bonds is 2. The molecule has 0 aromatic carbocycles. The van der Waals surface area contributed by atoms with E-state index in [1.807, 2.05) is 14.0 Å². The van der Waals surface area contributed by atoms with Gasteiger partial charge < -0.3 is 5.73 Å². The second-order valence-electron chi connectivity index (χ2n) is 5.13. The van der Waals surface area contributed by atoms with Crippen LogP contribution in [0.2, 0.25) is 5.02 Å².